The molecule has 42 heavy (non-hydrogen) atoms. The Kier molecular flexibility index (Phi) is 12.1. The maximum atomic E-state index is 13.9. The molecule has 1 unspecified atom stereocenters. The van der Waals surface area contributed by atoms with Crippen LogP contribution in [0, 0.1) is 0 Å². The van der Waals surface area contributed by atoms with Gasteiger partial charge in [-0.15, -0.1) is 12.4 Å². The molecule has 1 heterocycles. The van der Waals surface area contributed by atoms with Gasteiger partial charge in [0.15, 0.2) is 0 Å². The lowest BCUT2D eigenvalue weighted by molar-refractivity contribution is -0.121. The van der Waals surface area contributed by atoms with Crippen LogP contribution in [-0.4, -0.2) is 63.5 Å². The van der Waals surface area contributed by atoms with Gasteiger partial charge in [-0.1, -0.05) is 35.3 Å². The maximum absolute atomic E-state index is 13.9. The zero-order valence-electron chi connectivity index (χ0n) is 23.8. The molecule has 0 spiro atoms. The van der Waals surface area contributed by atoms with Gasteiger partial charge in [0.25, 0.3) is 11.8 Å². The van der Waals surface area contributed by atoms with Crippen molar-refractivity contribution >= 4 is 64.7 Å². The number of carbonyl (C=O) groups is 3. The lowest BCUT2D eigenvalue weighted by Crippen LogP contribution is -2.32. The van der Waals surface area contributed by atoms with Crippen LogP contribution in [0.2, 0.25) is 10.0 Å². The van der Waals surface area contributed by atoms with Crippen molar-refractivity contribution in [1.82, 2.24) is 10.2 Å². The van der Waals surface area contributed by atoms with E-state index in [1.165, 1.54) is 7.11 Å². The number of hydrogen-bond donors (Lipinski definition) is 2. The van der Waals surface area contributed by atoms with Crippen LogP contribution in [0.3, 0.4) is 0 Å². The Hall–Kier alpha value is -3.30. The van der Waals surface area contributed by atoms with Gasteiger partial charge in [0.2, 0.25) is 5.91 Å². The van der Waals surface area contributed by atoms with Crippen molar-refractivity contribution in [3.05, 3.63) is 87.4 Å². The van der Waals surface area contributed by atoms with Crippen LogP contribution in [0.4, 0.5) is 11.4 Å². The molecule has 0 saturated heterocycles. The molecule has 0 bridgehead atoms. The van der Waals surface area contributed by atoms with E-state index < -0.39 is 0 Å². The number of nitrogens with one attached hydrogen (secondary N) is 2. The zero-order chi connectivity index (χ0) is 29.5. The number of fused-ring (bicyclic) bond motifs is 1. The van der Waals surface area contributed by atoms with Crippen LogP contribution in [0.25, 0.3) is 0 Å². The molecule has 2 N–H and O–H groups in total. The third-order valence-electron chi connectivity index (χ3n) is 7.02. The number of nitrogens with zero attached hydrogens (tertiary/aromatic N) is 2. The molecule has 1 atom stereocenters. The first kappa shape index (κ1) is 33.2. The molecule has 0 radical (unpaired) electrons. The molecular formula is C31H35Cl3N4O4. The van der Waals surface area contributed by atoms with Gasteiger partial charge in [-0.25, -0.2) is 0 Å². The Balaban J connectivity index is 0.00000484. The van der Waals surface area contributed by atoms with Crippen LogP contribution >= 0.6 is 35.6 Å². The summed E-state index contributed by atoms with van der Waals surface area (Å²) in [6.45, 7) is 1.80. The lowest BCUT2D eigenvalue weighted by atomic mass is 9.90. The van der Waals surface area contributed by atoms with Crippen molar-refractivity contribution in [2.24, 2.45) is 0 Å². The maximum Gasteiger partial charge on any atom is 0.262 e. The standard InChI is InChI=1S/C31H34Cl2N4O4.ClH/c1-36(2)16-14-34-29(38)17-20-7-6-15-37(27-13-10-21(32)18-25(20)27)31(40)24-12-11-22(19-28(24)41-3)35-30(39)23-8-4-5-9-26(23)33;/h4-5,8-13,18-20H,6-7,14-17H2,1-3H3,(H,34,38)(H,35,39);1H. The average molecular weight is 634 g/mol. The fraction of sp³-hybridized carbons (Fsp3) is 0.323. The van der Waals surface area contributed by atoms with Gasteiger partial charge in [0.1, 0.15) is 5.75 Å². The van der Waals surface area contributed by atoms with E-state index in [1.54, 1.807) is 53.4 Å². The first-order valence-corrected chi connectivity index (χ1v) is 14.2. The fourth-order valence-electron chi connectivity index (χ4n) is 4.94. The Bertz CT molecular complexity index is 1430. The predicted molar refractivity (Wildman–Crippen MR) is 171 cm³/mol. The number of halogens is 3. The second-order valence-electron chi connectivity index (χ2n) is 10.2. The molecule has 8 nitrogen and oxygen atoms in total. The van der Waals surface area contributed by atoms with E-state index in [1.807, 2.05) is 31.1 Å². The van der Waals surface area contributed by atoms with E-state index in [4.69, 9.17) is 27.9 Å². The second-order valence-corrected chi connectivity index (χ2v) is 11.0. The number of ether oxygens (including phenoxy) is 1. The van der Waals surface area contributed by atoms with E-state index in [9.17, 15) is 14.4 Å². The molecule has 0 aliphatic carbocycles. The average Bonchev–Trinajstić information content (AvgIpc) is 3.11. The molecule has 0 fully saturated rings. The second kappa shape index (κ2) is 15.3. The number of amides is 3. The number of hydrogen-bond acceptors (Lipinski definition) is 5. The van der Waals surface area contributed by atoms with Crippen molar-refractivity contribution < 1.29 is 19.1 Å². The Morgan fingerprint density at radius 3 is 2.50 bits per heavy atom. The van der Waals surface area contributed by atoms with Crippen LogP contribution in [0.1, 0.15) is 51.5 Å². The minimum absolute atomic E-state index is 0. The van der Waals surface area contributed by atoms with E-state index in [-0.39, 0.29) is 36.0 Å². The molecule has 1 aliphatic heterocycles. The minimum Gasteiger partial charge on any atom is -0.496 e. The Morgan fingerprint density at radius 1 is 1.02 bits per heavy atom. The lowest BCUT2D eigenvalue weighted by Gasteiger charge is -2.25. The number of likely N-dealkylation sites (N-methyl/N-ethyl adjacent to an activating group) is 1. The quantitative estimate of drug-likeness (QED) is 0.290. The summed E-state index contributed by atoms with van der Waals surface area (Å²) in [5, 5.41) is 6.69. The van der Waals surface area contributed by atoms with Gasteiger partial charge >= 0.3 is 0 Å². The summed E-state index contributed by atoms with van der Waals surface area (Å²) in [4.78, 5) is 43.2. The smallest absolute Gasteiger partial charge is 0.262 e. The van der Waals surface area contributed by atoms with E-state index >= 15 is 0 Å². The zero-order valence-corrected chi connectivity index (χ0v) is 26.1. The van der Waals surface area contributed by atoms with Gasteiger partial charge in [-0.2, -0.15) is 0 Å². The van der Waals surface area contributed by atoms with Crippen LogP contribution < -0.4 is 20.3 Å². The van der Waals surface area contributed by atoms with E-state index in [0.717, 1.165) is 24.2 Å². The van der Waals surface area contributed by atoms with Crippen LogP contribution in [0.5, 0.6) is 5.75 Å². The number of anilines is 2. The van der Waals surface area contributed by atoms with Gasteiger partial charge < -0.3 is 25.2 Å². The highest BCUT2D eigenvalue weighted by Gasteiger charge is 2.30. The topological polar surface area (TPSA) is 91.0 Å². The highest BCUT2D eigenvalue weighted by atomic mass is 35.5. The summed E-state index contributed by atoms with van der Waals surface area (Å²) in [5.74, 6) is -0.398. The van der Waals surface area contributed by atoms with Crippen molar-refractivity contribution in [2.75, 3.05) is 51.1 Å². The Morgan fingerprint density at radius 2 is 1.79 bits per heavy atom. The molecule has 1 aliphatic rings. The van der Waals surface area contributed by atoms with Crippen LogP contribution in [0.15, 0.2) is 60.7 Å². The van der Waals surface area contributed by atoms with Crippen molar-refractivity contribution in [2.45, 2.75) is 25.2 Å². The molecule has 0 saturated carbocycles. The monoisotopic (exact) mass is 632 g/mol. The summed E-state index contributed by atoms with van der Waals surface area (Å²) in [5.41, 5.74) is 2.75. The summed E-state index contributed by atoms with van der Waals surface area (Å²) >= 11 is 12.5. The molecule has 3 aromatic rings. The molecular weight excluding hydrogens is 599 g/mol. The van der Waals surface area contributed by atoms with Gasteiger partial charge in [-0.05, 0) is 80.9 Å². The normalized spacial score (nSPS) is 14.3. The largest absolute Gasteiger partial charge is 0.496 e. The third kappa shape index (κ3) is 8.16. The van der Waals surface area contributed by atoms with Gasteiger partial charge in [-0.3, -0.25) is 14.4 Å². The SMILES string of the molecule is COc1cc(NC(=O)c2ccccc2Cl)ccc1C(=O)N1CCCC(CC(=O)NCCN(C)C)c2cc(Cl)ccc21.Cl. The fourth-order valence-corrected chi connectivity index (χ4v) is 5.34. The van der Waals surface area contributed by atoms with E-state index in [0.29, 0.717) is 58.5 Å². The minimum atomic E-state index is -0.369. The highest BCUT2D eigenvalue weighted by molar-refractivity contribution is 6.34. The summed E-state index contributed by atoms with van der Waals surface area (Å²) in [7, 11) is 5.40. The van der Waals surface area contributed by atoms with Gasteiger partial charge in [0, 0.05) is 48.5 Å². The molecule has 11 heteroatoms. The van der Waals surface area contributed by atoms with Crippen molar-refractivity contribution in [3.8, 4) is 5.75 Å². The van der Waals surface area contributed by atoms with Crippen LogP contribution in [-0.2, 0) is 4.79 Å². The number of carbonyl (C=O) groups excluding carboxylic acids is 3. The Labute approximate surface area is 262 Å². The molecule has 4 rings (SSSR count). The number of benzene rings is 3. The summed E-state index contributed by atoms with van der Waals surface area (Å²) < 4.78 is 5.57. The summed E-state index contributed by atoms with van der Waals surface area (Å²) in [6.07, 6.45) is 1.76. The highest BCUT2D eigenvalue weighted by Crippen LogP contribution is 2.39. The predicted octanol–water partition coefficient (Wildman–Crippen LogP) is 6.27. The molecule has 0 aromatic heterocycles. The number of methoxy groups -OCH3 is 1. The first-order valence-electron chi connectivity index (χ1n) is 13.4. The van der Waals surface area contributed by atoms with Gasteiger partial charge in [0.05, 0.1) is 23.3 Å². The van der Waals surface area contributed by atoms with Crippen molar-refractivity contribution in [3.63, 3.8) is 0 Å². The molecule has 224 valence electrons. The number of rotatable bonds is 9. The first-order chi connectivity index (χ1) is 19.7. The summed E-state index contributed by atoms with van der Waals surface area (Å²) in [6, 6.07) is 17.1. The van der Waals surface area contributed by atoms with E-state index in [2.05, 4.69) is 10.6 Å². The van der Waals surface area contributed by atoms with Crippen molar-refractivity contribution in [1.29, 1.82) is 0 Å². The third-order valence-corrected chi connectivity index (χ3v) is 7.59. The molecule has 3 aromatic carbocycles. The molecule has 3 amide bonds.